The summed E-state index contributed by atoms with van der Waals surface area (Å²) in [6.45, 7) is 0.666. The fourth-order valence-electron chi connectivity index (χ4n) is 2.80. The van der Waals surface area contributed by atoms with E-state index in [9.17, 15) is 22.8 Å². The normalized spacial score (nSPS) is 18.3. The largest absolute Gasteiger partial charge is 0.496 e. The Labute approximate surface area is 137 Å². The SMILES string of the molecule is COc1ccc(C(F)(F)F)cc1CC(=O)N1CCC[C@H](C(N)=O)C1. The van der Waals surface area contributed by atoms with E-state index < -0.39 is 23.6 Å². The molecule has 1 aliphatic rings. The molecule has 5 nitrogen and oxygen atoms in total. The van der Waals surface area contributed by atoms with Gasteiger partial charge in [0.15, 0.2) is 0 Å². The number of halogens is 3. The Morgan fingerprint density at radius 2 is 2.08 bits per heavy atom. The Hall–Kier alpha value is -2.25. The van der Waals surface area contributed by atoms with Crippen molar-refractivity contribution >= 4 is 11.8 Å². The topological polar surface area (TPSA) is 72.6 Å². The van der Waals surface area contributed by atoms with Crippen molar-refractivity contribution in [2.45, 2.75) is 25.4 Å². The van der Waals surface area contributed by atoms with Crippen LogP contribution in [0, 0.1) is 5.92 Å². The zero-order valence-corrected chi connectivity index (χ0v) is 13.2. The van der Waals surface area contributed by atoms with Crippen molar-refractivity contribution in [3.8, 4) is 5.75 Å². The van der Waals surface area contributed by atoms with Crippen molar-refractivity contribution in [2.24, 2.45) is 11.7 Å². The van der Waals surface area contributed by atoms with Crippen LogP contribution >= 0.6 is 0 Å². The predicted molar refractivity (Wildman–Crippen MR) is 80.2 cm³/mol. The third-order valence-corrected chi connectivity index (χ3v) is 4.13. The molecule has 0 aliphatic carbocycles. The summed E-state index contributed by atoms with van der Waals surface area (Å²) < 4.78 is 43.6. The monoisotopic (exact) mass is 344 g/mol. The number of rotatable bonds is 4. The molecule has 1 atom stereocenters. The van der Waals surface area contributed by atoms with E-state index in [4.69, 9.17) is 10.5 Å². The number of hydrogen-bond donors (Lipinski definition) is 1. The van der Waals surface area contributed by atoms with E-state index in [0.29, 0.717) is 19.4 Å². The number of primary amides is 1. The average molecular weight is 344 g/mol. The first kappa shape index (κ1) is 18.1. The lowest BCUT2D eigenvalue weighted by Crippen LogP contribution is -2.44. The summed E-state index contributed by atoms with van der Waals surface area (Å²) >= 11 is 0. The summed E-state index contributed by atoms with van der Waals surface area (Å²) in [6, 6.07) is 3.04. The lowest BCUT2D eigenvalue weighted by molar-refractivity contribution is -0.138. The molecule has 1 aromatic rings. The van der Waals surface area contributed by atoms with E-state index >= 15 is 0 Å². The molecule has 1 aromatic carbocycles. The number of carbonyl (C=O) groups is 2. The van der Waals surface area contributed by atoms with E-state index in [-0.39, 0.29) is 30.2 Å². The number of amides is 2. The maximum Gasteiger partial charge on any atom is 0.416 e. The third kappa shape index (κ3) is 4.18. The zero-order chi connectivity index (χ0) is 17.9. The number of nitrogens with two attached hydrogens (primary N) is 1. The van der Waals surface area contributed by atoms with Crippen molar-refractivity contribution in [1.29, 1.82) is 0 Å². The quantitative estimate of drug-likeness (QED) is 0.908. The number of likely N-dealkylation sites (tertiary alicyclic amines) is 1. The molecule has 1 heterocycles. The van der Waals surface area contributed by atoms with Crippen molar-refractivity contribution in [1.82, 2.24) is 4.90 Å². The number of alkyl halides is 3. The standard InChI is InChI=1S/C16H19F3N2O3/c1-24-13-5-4-12(16(17,18)19)7-11(13)8-14(22)21-6-2-3-10(9-21)15(20)23/h4-5,7,10H,2-3,6,8-9H2,1H3,(H2,20,23)/t10-/m0/s1. The molecular formula is C16H19F3N2O3. The lowest BCUT2D eigenvalue weighted by Gasteiger charge is -2.31. The first-order valence-corrected chi connectivity index (χ1v) is 7.53. The fraction of sp³-hybridized carbons (Fsp3) is 0.500. The van der Waals surface area contributed by atoms with E-state index in [1.807, 2.05) is 0 Å². The minimum atomic E-state index is -4.49. The van der Waals surface area contributed by atoms with Crippen LogP contribution in [-0.2, 0) is 22.2 Å². The smallest absolute Gasteiger partial charge is 0.416 e. The minimum absolute atomic E-state index is 0.165. The number of ether oxygens (including phenoxy) is 1. The highest BCUT2D eigenvalue weighted by Gasteiger charge is 2.32. The first-order chi connectivity index (χ1) is 11.2. The summed E-state index contributed by atoms with van der Waals surface area (Å²) in [5.74, 6) is -1.01. The average Bonchev–Trinajstić information content (AvgIpc) is 2.54. The summed E-state index contributed by atoms with van der Waals surface area (Å²) in [5, 5.41) is 0. The van der Waals surface area contributed by atoms with Gasteiger partial charge in [0.1, 0.15) is 5.75 Å². The molecule has 0 saturated carbocycles. The molecule has 1 fully saturated rings. The second-order valence-electron chi connectivity index (χ2n) is 5.78. The van der Waals surface area contributed by atoms with Gasteiger partial charge in [-0.05, 0) is 31.0 Å². The lowest BCUT2D eigenvalue weighted by atomic mass is 9.96. The molecule has 2 rings (SSSR count). The Balaban J connectivity index is 2.17. The Bertz CT molecular complexity index is 631. The van der Waals surface area contributed by atoms with Gasteiger partial charge in [0.25, 0.3) is 0 Å². The van der Waals surface area contributed by atoms with Gasteiger partial charge in [-0.1, -0.05) is 0 Å². The number of carbonyl (C=O) groups excluding carboxylic acids is 2. The van der Waals surface area contributed by atoms with Crippen LogP contribution in [0.5, 0.6) is 5.75 Å². The van der Waals surface area contributed by atoms with Crippen LogP contribution in [0.25, 0.3) is 0 Å². The van der Waals surface area contributed by atoms with Crippen LogP contribution in [0.15, 0.2) is 18.2 Å². The van der Waals surface area contributed by atoms with Crippen LogP contribution < -0.4 is 10.5 Å². The van der Waals surface area contributed by atoms with Gasteiger partial charge >= 0.3 is 6.18 Å². The van der Waals surface area contributed by atoms with E-state index in [2.05, 4.69) is 0 Å². The van der Waals surface area contributed by atoms with Gasteiger partial charge in [0.2, 0.25) is 11.8 Å². The van der Waals surface area contributed by atoms with E-state index in [1.54, 1.807) is 0 Å². The molecule has 0 radical (unpaired) electrons. The number of hydrogen-bond acceptors (Lipinski definition) is 3. The molecule has 24 heavy (non-hydrogen) atoms. The van der Waals surface area contributed by atoms with Gasteiger partial charge in [-0.3, -0.25) is 9.59 Å². The van der Waals surface area contributed by atoms with Gasteiger partial charge < -0.3 is 15.4 Å². The number of methoxy groups -OCH3 is 1. The molecular weight excluding hydrogens is 325 g/mol. The van der Waals surface area contributed by atoms with Gasteiger partial charge in [-0.25, -0.2) is 0 Å². The molecule has 0 spiro atoms. The van der Waals surface area contributed by atoms with Crippen molar-refractivity contribution in [3.63, 3.8) is 0 Å². The molecule has 0 bridgehead atoms. The zero-order valence-electron chi connectivity index (χ0n) is 13.2. The second kappa shape index (κ2) is 7.11. The van der Waals surface area contributed by atoms with Gasteiger partial charge in [-0.15, -0.1) is 0 Å². The highest BCUT2D eigenvalue weighted by atomic mass is 19.4. The van der Waals surface area contributed by atoms with Crippen molar-refractivity contribution in [3.05, 3.63) is 29.3 Å². The molecule has 0 unspecified atom stereocenters. The molecule has 1 saturated heterocycles. The highest BCUT2D eigenvalue weighted by molar-refractivity contribution is 5.82. The number of piperidine rings is 1. The maximum absolute atomic E-state index is 12.8. The minimum Gasteiger partial charge on any atom is -0.496 e. The van der Waals surface area contributed by atoms with Gasteiger partial charge in [0, 0.05) is 18.7 Å². The third-order valence-electron chi connectivity index (χ3n) is 4.13. The number of nitrogens with zero attached hydrogens (tertiary/aromatic N) is 1. The van der Waals surface area contributed by atoms with E-state index in [0.717, 1.165) is 12.1 Å². The van der Waals surface area contributed by atoms with E-state index in [1.165, 1.54) is 18.1 Å². The Morgan fingerprint density at radius 1 is 1.38 bits per heavy atom. The van der Waals surface area contributed by atoms with Gasteiger partial charge in [0.05, 0.1) is 25.0 Å². The number of benzene rings is 1. The molecule has 0 aromatic heterocycles. The summed E-state index contributed by atoms with van der Waals surface area (Å²) in [4.78, 5) is 25.1. The summed E-state index contributed by atoms with van der Waals surface area (Å²) in [6.07, 6.45) is -3.46. The maximum atomic E-state index is 12.8. The first-order valence-electron chi connectivity index (χ1n) is 7.53. The van der Waals surface area contributed by atoms with Crippen LogP contribution in [0.3, 0.4) is 0 Å². The summed E-state index contributed by atoms with van der Waals surface area (Å²) in [5.41, 5.74) is 4.61. The Kier molecular flexibility index (Phi) is 5.36. The van der Waals surface area contributed by atoms with Crippen molar-refractivity contribution < 1.29 is 27.5 Å². The highest BCUT2D eigenvalue weighted by Crippen LogP contribution is 2.33. The Morgan fingerprint density at radius 3 is 2.67 bits per heavy atom. The fourth-order valence-corrected chi connectivity index (χ4v) is 2.80. The molecule has 2 N–H and O–H groups in total. The van der Waals surface area contributed by atoms with Crippen molar-refractivity contribution in [2.75, 3.05) is 20.2 Å². The second-order valence-corrected chi connectivity index (χ2v) is 5.78. The van der Waals surface area contributed by atoms with Crippen LogP contribution in [0.2, 0.25) is 0 Å². The summed E-state index contributed by atoms with van der Waals surface area (Å²) in [7, 11) is 1.33. The molecule has 2 amide bonds. The molecule has 132 valence electrons. The van der Waals surface area contributed by atoms with Crippen LogP contribution in [-0.4, -0.2) is 36.9 Å². The van der Waals surface area contributed by atoms with Crippen LogP contribution in [0.1, 0.15) is 24.0 Å². The predicted octanol–water partition coefficient (Wildman–Crippen LogP) is 1.98. The van der Waals surface area contributed by atoms with Gasteiger partial charge in [-0.2, -0.15) is 13.2 Å². The molecule has 8 heteroatoms. The van der Waals surface area contributed by atoms with Crippen LogP contribution in [0.4, 0.5) is 13.2 Å². The molecule has 1 aliphatic heterocycles.